The van der Waals surface area contributed by atoms with Gasteiger partial charge in [-0.2, -0.15) is 0 Å². The van der Waals surface area contributed by atoms with E-state index in [2.05, 4.69) is 20.9 Å². The van der Waals surface area contributed by atoms with E-state index >= 15 is 0 Å². The number of rotatable bonds is 1. The lowest BCUT2D eigenvalue weighted by atomic mass is 10.2. The highest BCUT2D eigenvalue weighted by molar-refractivity contribution is 9.10. The van der Waals surface area contributed by atoms with E-state index < -0.39 is 0 Å². The monoisotopic (exact) mass is 240 g/mol. The van der Waals surface area contributed by atoms with Crippen LogP contribution in [-0.2, 0) is 11.2 Å². The first kappa shape index (κ1) is 8.69. The highest BCUT2D eigenvalue weighted by Gasteiger charge is 2.26. The summed E-state index contributed by atoms with van der Waals surface area (Å²) in [5.41, 5.74) is 1.13. The summed E-state index contributed by atoms with van der Waals surface area (Å²) in [6, 6.07) is 1.97. The quantitative estimate of drug-likeness (QED) is 0.697. The van der Waals surface area contributed by atoms with Crippen LogP contribution in [-0.4, -0.2) is 24.4 Å². The van der Waals surface area contributed by atoms with Crippen LogP contribution in [0.25, 0.3) is 0 Å². The number of fused-ring (bicyclic) bond motifs is 1. The minimum atomic E-state index is -0.0446. The molecule has 0 N–H and O–H groups in total. The van der Waals surface area contributed by atoms with Gasteiger partial charge < -0.3 is 9.69 Å². The maximum Gasteiger partial charge on any atom is 0.142 e. The van der Waals surface area contributed by atoms with Crippen LogP contribution in [0, 0.1) is 0 Å². The second-order valence-electron chi connectivity index (χ2n) is 3.15. The van der Waals surface area contributed by atoms with Crippen LogP contribution < -0.4 is 4.90 Å². The minimum Gasteiger partial charge on any atom is -0.349 e. The van der Waals surface area contributed by atoms with Gasteiger partial charge in [0.1, 0.15) is 12.1 Å². The molecule has 1 aliphatic heterocycles. The Morgan fingerprint density at radius 1 is 1.77 bits per heavy atom. The Balaban J connectivity index is 2.43. The van der Waals surface area contributed by atoms with E-state index in [1.54, 1.807) is 6.20 Å². The van der Waals surface area contributed by atoms with Gasteiger partial charge in [-0.15, -0.1) is 0 Å². The Labute approximate surface area is 84.9 Å². The van der Waals surface area contributed by atoms with Crippen LogP contribution >= 0.6 is 15.9 Å². The average Bonchev–Trinajstić information content (AvgIpc) is 2.42. The maximum atomic E-state index is 10.7. The van der Waals surface area contributed by atoms with Gasteiger partial charge in [0.05, 0.1) is 6.04 Å². The van der Waals surface area contributed by atoms with Crippen molar-refractivity contribution in [1.82, 2.24) is 4.98 Å². The molecule has 0 aromatic carbocycles. The molecule has 2 heterocycles. The van der Waals surface area contributed by atoms with Crippen molar-refractivity contribution in [3.8, 4) is 0 Å². The molecule has 68 valence electrons. The van der Waals surface area contributed by atoms with Crippen LogP contribution in [0.5, 0.6) is 0 Å². The van der Waals surface area contributed by atoms with Crippen LogP contribution in [0.3, 0.4) is 0 Å². The van der Waals surface area contributed by atoms with Gasteiger partial charge in [-0.3, -0.25) is 0 Å². The van der Waals surface area contributed by atoms with Crippen molar-refractivity contribution < 1.29 is 4.79 Å². The molecule has 1 aliphatic rings. The van der Waals surface area contributed by atoms with Gasteiger partial charge in [-0.05, 0) is 27.6 Å². The van der Waals surface area contributed by atoms with Crippen LogP contribution in [0.1, 0.15) is 5.56 Å². The Kier molecular flexibility index (Phi) is 2.07. The largest absolute Gasteiger partial charge is 0.349 e. The molecule has 0 bridgehead atoms. The van der Waals surface area contributed by atoms with Gasteiger partial charge in [0, 0.05) is 24.1 Å². The summed E-state index contributed by atoms with van der Waals surface area (Å²) < 4.78 is 0.964. The number of pyridine rings is 1. The number of anilines is 1. The molecule has 1 atom stereocenters. The number of likely N-dealkylation sites (N-methyl/N-ethyl adjacent to an activating group) is 1. The molecule has 0 fully saturated rings. The van der Waals surface area contributed by atoms with Gasteiger partial charge in [-0.1, -0.05) is 0 Å². The Morgan fingerprint density at radius 2 is 2.54 bits per heavy atom. The van der Waals surface area contributed by atoms with Gasteiger partial charge in [0.2, 0.25) is 0 Å². The molecule has 3 nitrogen and oxygen atoms in total. The molecule has 13 heavy (non-hydrogen) atoms. The first-order valence-electron chi connectivity index (χ1n) is 4.05. The number of carbonyl (C=O) groups excluding carboxylic acids is 1. The fourth-order valence-electron chi connectivity index (χ4n) is 1.60. The molecule has 1 aromatic rings. The summed E-state index contributed by atoms with van der Waals surface area (Å²) in [5.74, 6) is 0.917. The molecule has 4 heteroatoms. The number of aromatic nitrogens is 1. The molecule has 0 saturated carbocycles. The maximum absolute atomic E-state index is 10.7. The molecule has 0 amide bonds. The zero-order valence-corrected chi connectivity index (χ0v) is 8.78. The SMILES string of the molecule is CN1c2ncc(Br)cc2CC1C=O. The second-order valence-corrected chi connectivity index (χ2v) is 4.07. The lowest BCUT2D eigenvalue weighted by Crippen LogP contribution is -2.29. The highest BCUT2D eigenvalue weighted by atomic mass is 79.9. The second kappa shape index (κ2) is 3.10. The van der Waals surface area contributed by atoms with E-state index in [0.29, 0.717) is 0 Å². The number of halogens is 1. The van der Waals surface area contributed by atoms with Crippen molar-refractivity contribution >= 4 is 28.0 Å². The first-order valence-corrected chi connectivity index (χ1v) is 4.84. The predicted octanol–water partition coefficient (Wildman–Crippen LogP) is 1.40. The van der Waals surface area contributed by atoms with Crippen molar-refractivity contribution in [3.05, 3.63) is 22.3 Å². The highest BCUT2D eigenvalue weighted by Crippen LogP contribution is 2.29. The van der Waals surface area contributed by atoms with Gasteiger partial charge in [0.15, 0.2) is 0 Å². The molecular formula is C9H9BrN2O. The number of carbonyl (C=O) groups is 1. The van der Waals surface area contributed by atoms with Crippen molar-refractivity contribution in [1.29, 1.82) is 0 Å². The third kappa shape index (κ3) is 1.35. The fourth-order valence-corrected chi connectivity index (χ4v) is 1.98. The molecule has 0 saturated heterocycles. The first-order chi connectivity index (χ1) is 6.22. The van der Waals surface area contributed by atoms with Crippen LogP contribution in [0.4, 0.5) is 5.82 Å². The predicted molar refractivity (Wildman–Crippen MR) is 53.9 cm³/mol. The Hall–Kier alpha value is -0.900. The van der Waals surface area contributed by atoms with Crippen LogP contribution in [0.2, 0.25) is 0 Å². The average molecular weight is 241 g/mol. The molecule has 2 rings (SSSR count). The van der Waals surface area contributed by atoms with E-state index in [-0.39, 0.29) is 6.04 Å². The molecule has 0 aliphatic carbocycles. The summed E-state index contributed by atoms with van der Waals surface area (Å²) in [5, 5.41) is 0. The molecule has 0 spiro atoms. The van der Waals surface area contributed by atoms with Gasteiger partial charge >= 0.3 is 0 Å². The van der Waals surface area contributed by atoms with Crippen molar-refractivity contribution in [2.75, 3.05) is 11.9 Å². The van der Waals surface area contributed by atoms with Crippen LogP contribution in [0.15, 0.2) is 16.7 Å². The van der Waals surface area contributed by atoms with Gasteiger partial charge in [0.25, 0.3) is 0 Å². The summed E-state index contributed by atoms with van der Waals surface area (Å²) in [6.45, 7) is 0. The lowest BCUT2D eigenvalue weighted by Gasteiger charge is -2.15. The topological polar surface area (TPSA) is 33.2 Å². The molecule has 0 radical (unpaired) electrons. The van der Waals surface area contributed by atoms with Crippen molar-refractivity contribution in [2.24, 2.45) is 0 Å². The number of hydrogen-bond acceptors (Lipinski definition) is 3. The summed E-state index contributed by atoms with van der Waals surface area (Å²) in [4.78, 5) is 16.9. The standard InChI is InChI=1S/C9H9BrN2O/c1-12-8(5-13)3-6-2-7(10)4-11-9(6)12/h2,4-5,8H,3H2,1H3. The third-order valence-corrected chi connectivity index (χ3v) is 2.76. The number of hydrogen-bond donors (Lipinski definition) is 0. The molecule has 1 aromatic heterocycles. The zero-order chi connectivity index (χ0) is 9.42. The summed E-state index contributed by atoms with van der Waals surface area (Å²) in [7, 11) is 1.89. The normalized spacial score (nSPS) is 20.2. The van der Waals surface area contributed by atoms with Crippen molar-refractivity contribution in [3.63, 3.8) is 0 Å². The van der Waals surface area contributed by atoms with E-state index in [4.69, 9.17) is 0 Å². The summed E-state index contributed by atoms with van der Waals surface area (Å²) >= 11 is 3.36. The van der Waals surface area contributed by atoms with E-state index in [1.807, 2.05) is 18.0 Å². The number of aldehydes is 1. The van der Waals surface area contributed by atoms with E-state index in [1.165, 1.54) is 0 Å². The molecule has 1 unspecified atom stereocenters. The minimum absolute atomic E-state index is 0.0446. The Morgan fingerprint density at radius 3 is 3.23 bits per heavy atom. The van der Waals surface area contributed by atoms with E-state index in [9.17, 15) is 4.79 Å². The van der Waals surface area contributed by atoms with E-state index in [0.717, 1.165) is 28.6 Å². The lowest BCUT2D eigenvalue weighted by molar-refractivity contribution is -0.108. The zero-order valence-electron chi connectivity index (χ0n) is 7.20. The Bertz CT molecular complexity index is 353. The van der Waals surface area contributed by atoms with Crippen molar-refractivity contribution in [2.45, 2.75) is 12.5 Å². The third-order valence-electron chi connectivity index (χ3n) is 2.33. The smallest absolute Gasteiger partial charge is 0.142 e. The number of nitrogens with zero attached hydrogens (tertiary/aromatic N) is 2. The fraction of sp³-hybridized carbons (Fsp3) is 0.333. The summed E-state index contributed by atoms with van der Waals surface area (Å²) in [6.07, 6.45) is 3.49. The van der Waals surface area contributed by atoms with Gasteiger partial charge in [-0.25, -0.2) is 4.98 Å². The molecular weight excluding hydrogens is 232 g/mol.